The van der Waals surface area contributed by atoms with Crippen LogP contribution in [0.1, 0.15) is 24.6 Å². The largest absolute Gasteiger partial charge is 0.387 e. The van der Waals surface area contributed by atoms with Crippen LogP contribution in [-0.2, 0) is 0 Å². The Morgan fingerprint density at radius 3 is 2.58 bits per heavy atom. The maximum absolute atomic E-state index is 10.6. The number of piperidine rings is 1. The molecule has 1 N–H and O–H groups in total. The van der Waals surface area contributed by atoms with Crippen molar-refractivity contribution in [3.05, 3.63) is 66.9 Å². The van der Waals surface area contributed by atoms with Gasteiger partial charge in [-0.2, -0.15) is 0 Å². The Balaban J connectivity index is 1.44. The van der Waals surface area contributed by atoms with Gasteiger partial charge in [-0.3, -0.25) is 9.97 Å². The van der Waals surface area contributed by atoms with Gasteiger partial charge in [-0.1, -0.05) is 6.07 Å². The Bertz CT molecular complexity index is 835. The summed E-state index contributed by atoms with van der Waals surface area (Å²) >= 11 is 0. The van der Waals surface area contributed by atoms with Crippen molar-refractivity contribution in [2.45, 2.75) is 18.9 Å². The van der Waals surface area contributed by atoms with Crippen LogP contribution in [0.25, 0.3) is 11.3 Å². The molecule has 4 heterocycles. The molecule has 1 aliphatic rings. The number of hydrogen-bond donors (Lipinski definition) is 1. The lowest BCUT2D eigenvalue weighted by atomic mass is 9.89. The maximum Gasteiger partial charge on any atom is 0.225 e. The molecule has 6 nitrogen and oxygen atoms in total. The third-order valence-corrected chi connectivity index (χ3v) is 4.86. The zero-order chi connectivity index (χ0) is 17.8. The van der Waals surface area contributed by atoms with E-state index in [4.69, 9.17) is 4.98 Å². The van der Waals surface area contributed by atoms with Crippen molar-refractivity contribution in [3.8, 4) is 11.3 Å². The first-order valence-electron chi connectivity index (χ1n) is 8.88. The van der Waals surface area contributed by atoms with Crippen molar-refractivity contribution < 1.29 is 5.11 Å². The van der Waals surface area contributed by atoms with Crippen molar-refractivity contribution in [3.63, 3.8) is 0 Å². The normalized spacial score (nSPS) is 16.4. The first-order chi connectivity index (χ1) is 12.8. The molecule has 0 spiro atoms. The van der Waals surface area contributed by atoms with Crippen molar-refractivity contribution in [2.75, 3.05) is 18.0 Å². The van der Waals surface area contributed by atoms with Crippen LogP contribution in [-0.4, -0.2) is 38.1 Å². The quantitative estimate of drug-likeness (QED) is 0.782. The number of aliphatic hydroxyl groups is 1. The average molecular weight is 347 g/mol. The van der Waals surface area contributed by atoms with E-state index in [1.165, 1.54) is 0 Å². The van der Waals surface area contributed by atoms with E-state index in [1.54, 1.807) is 18.6 Å². The summed E-state index contributed by atoms with van der Waals surface area (Å²) < 4.78 is 0. The topological polar surface area (TPSA) is 75.0 Å². The molecule has 0 bridgehead atoms. The lowest BCUT2D eigenvalue weighted by Crippen LogP contribution is -2.36. The summed E-state index contributed by atoms with van der Waals surface area (Å²) in [6.45, 7) is 1.65. The van der Waals surface area contributed by atoms with Gasteiger partial charge in [-0.25, -0.2) is 9.97 Å². The molecular weight excluding hydrogens is 326 g/mol. The monoisotopic (exact) mass is 347 g/mol. The maximum atomic E-state index is 10.6. The van der Waals surface area contributed by atoms with E-state index >= 15 is 0 Å². The molecule has 132 valence electrons. The fourth-order valence-corrected chi connectivity index (χ4v) is 3.38. The van der Waals surface area contributed by atoms with E-state index in [0.717, 1.165) is 48.8 Å². The number of hydrogen-bond acceptors (Lipinski definition) is 6. The van der Waals surface area contributed by atoms with Crippen LogP contribution in [0.3, 0.4) is 0 Å². The highest BCUT2D eigenvalue weighted by Gasteiger charge is 2.28. The molecule has 0 aliphatic carbocycles. The SMILES string of the molecule is O[C@@H](c1ccccn1)C1CCN(c2nccc(-c3cccnc3)n2)CC1. The lowest BCUT2D eigenvalue weighted by molar-refractivity contribution is 0.0889. The molecular formula is C20H21N5O. The summed E-state index contributed by atoms with van der Waals surface area (Å²) in [5.74, 6) is 0.944. The van der Waals surface area contributed by atoms with E-state index in [-0.39, 0.29) is 5.92 Å². The van der Waals surface area contributed by atoms with E-state index in [0.29, 0.717) is 0 Å². The first kappa shape index (κ1) is 16.6. The summed E-state index contributed by atoms with van der Waals surface area (Å²) in [4.78, 5) is 19.7. The molecule has 0 unspecified atom stereocenters. The van der Waals surface area contributed by atoms with Crippen molar-refractivity contribution >= 4 is 5.95 Å². The van der Waals surface area contributed by atoms with Gasteiger partial charge in [-0.05, 0) is 49.1 Å². The molecule has 1 aliphatic heterocycles. The summed E-state index contributed by atoms with van der Waals surface area (Å²) in [6.07, 6.45) is 8.34. The second-order valence-electron chi connectivity index (χ2n) is 6.51. The number of rotatable bonds is 4. The van der Waals surface area contributed by atoms with Gasteiger partial charge >= 0.3 is 0 Å². The Morgan fingerprint density at radius 2 is 1.85 bits per heavy atom. The van der Waals surface area contributed by atoms with Crippen molar-refractivity contribution in [1.29, 1.82) is 0 Å². The second kappa shape index (κ2) is 7.58. The molecule has 1 saturated heterocycles. The summed E-state index contributed by atoms with van der Waals surface area (Å²) in [6, 6.07) is 11.5. The van der Waals surface area contributed by atoms with Crippen LogP contribution in [0.2, 0.25) is 0 Å². The Hall–Kier alpha value is -2.86. The fourth-order valence-electron chi connectivity index (χ4n) is 3.38. The van der Waals surface area contributed by atoms with Gasteiger partial charge in [0.2, 0.25) is 5.95 Å². The van der Waals surface area contributed by atoms with Crippen LogP contribution >= 0.6 is 0 Å². The van der Waals surface area contributed by atoms with Gasteiger partial charge in [-0.15, -0.1) is 0 Å². The summed E-state index contributed by atoms with van der Waals surface area (Å²) in [7, 11) is 0. The first-order valence-corrected chi connectivity index (χ1v) is 8.88. The molecule has 3 aromatic rings. The highest BCUT2D eigenvalue weighted by molar-refractivity contribution is 5.58. The smallest absolute Gasteiger partial charge is 0.225 e. The number of aromatic nitrogens is 4. The van der Waals surface area contributed by atoms with Crippen molar-refractivity contribution in [2.24, 2.45) is 5.92 Å². The van der Waals surface area contributed by atoms with Gasteiger partial charge in [0, 0.05) is 43.4 Å². The fraction of sp³-hybridized carbons (Fsp3) is 0.300. The van der Waals surface area contributed by atoms with Crippen LogP contribution in [0.4, 0.5) is 5.95 Å². The molecule has 6 heteroatoms. The minimum absolute atomic E-state index is 0.211. The number of aliphatic hydroxyl groups excluding tert-OH is 1. The van der Waals surface area contributed by atoms with Gasteiger partial charge in [0.15, 0.2) is 0 Å². The predicted molar refractivity (Wildman–Crippen MR) is 99.4 cm³/mol. The van der Waals surface area contributed by atoms with E-state index < -0.39 is 6.10 Å². The van der Waals surface area contributed by atoms with Crippen LogP contribution in [0, 0.1) is 5.92 Å². The minimum atomic E-state index is -0.513. The Labute approximate surface area is 152 Å². The van der Waals surface area contributed by atoms with Gasteiger partial charge < -0.3 is 10.0 Å². The minimum Gasteiger partial charge on any atom is -0.387 e. The van der Waals surface area contributed by atoms with Crippen molar-refractivity contribution in [1.82, 2.24) is 19.9 Å². The summed E-state index contributed by atoms with van der Waals surface area (Å²) in [5, 5.41) is 10.6. The predicted octanol–water partition coefficient (Wildman–Crippen LogP) is 2.88. The van der Waals surface area contributed by atoms with Gasteiger partial charge in [0.05, 0.1) is 17.5 Å². The highest BCUT2D eigenvalue weighted by Crippen LogP contribution is 2.31. The molecule has 3 aromatic heterocycles. The number of nitrogens with zero attached hydrogens (tertiary/aromatic N) is 5. The van der Waals surface area contributed by atoms with E-state index in [9.17, 15) is 5.11 Å². The molecule has 0 radical (unpaired) electrons. The average Bonchev–Trinajstić information content (AvgIpc) is 2.75. The molecule has 4 rings (SSSR count). The van der Waals surface area contributed by atoms with E-state index in [2.05, 4.69) is 19.9 Å². The standard InChI is InChI=1S/C20H21N5O/c26-19(18-5-1-2-10-22-18)15-7-12-25(13-8-15)20-23-11-6-17(24-20)16-4-3-9-21-14-16/h1-6,9-11,14-15,19,26H,7-8,12-13H2/t19-/m1/s1. The number of anilines is 1. The van der Waals surface area contributed by atoms with Crippen LogP contribution in [0.5, 0.6) is 0 Å². The number of pyridine rings is 2. The van der Waals surface area contributed by atoms with E-state index in [1.807, 2.05) is 42.6 Å². The molecule has 0 aromatic carbocycles. The van der Waals surface area contributed by atoms with Gasteiger partial charge in [0.1, 0.15) is 0 Å². The molecule has 26 heavy (non-hydrogen) atoms. The zero-order valence-corrected chi connectivity index (χ0v) is 14.4. The van der Waals surface area contributed by atoms with Crippen LogP contribution < -0.4 is 4.90 Å². The van der Waals surface area contributed by atoms with Gasteiger partial charge in [0.25, 0.3) is 0 Å². The highest BCUT2D eigenvalue weighted by atomic mass is 16.3. The molecule has 0 saturated carbocycles. The molecule has 1 fully saturated rings. The zero-order valence-electron chi connectivity index (χ0n) is 14.4. The third kappa shape index (κ3) is 3.55. The lowest BCUT2D eigenvalue weighted by Gasteiger charge is -2.34. The third-order valence-electron chi connectivity index (χ3n) is 4.86. The van der Waals surface area contributed by atoms with Crippen LogP contribution in [0.15, 0.2) is 61.2 Å². The Kier molecular flexibility index (Phi) is 4.84. The second-order valence-corrected chi connectivity index (χ2v) is 6.51. The Morgan fingerprint density at radius 1 is 0.962 bits per heavy atom. The molecule has 1 atom stereocenters. The summed E-state index contributed by atoms with van der Waals surface area (Å²) in [5.41, 5.74) is 2.61. The molecule has 0 amide bonds.